The SMILES string of the molecule is O=[N+]([O-])c1nn(-c2cccc(Cl)c2)n(O)c1=Nc1ccc(Cl)cc1. The number of hydrogen-bond acceptors (Lipinski definition) is 5. The molecule has 1 aromatic heterocycles. The van der Waals surface area contributed by atoms with E-state index in [9.17, 15) is 15.3 Å². The van der Waals surface area contributed by atoms with Crippen molar-refractivity contribution in [3.05, 3.63) is 74.2 Å². The molecule has 0 amide bonds. The van der Waals surface area contributed by atoms with Crippen LogP contribution in [0.5, 0.6) is 0 Å². The maximum Gasteiger partial charge on any atom is 0.438 e. The van der Waals surface area contributed by atoms with Gasteiger partial charge in [-0.3, -0.25) is 0 Å². The number of nitrogens with zero attached hydrogens (tertiary/aromatic N) is 5. The van der Waals surface area contributed by atoms with Crippen LogP contribution in [0.4, 0.5) is 11.5 Å². The molecule has 0 radical (unpaired) electrons. The molecule has 0 bridgehead atoms. The Morgan fingerprint density at radius 3 is 2.46 bits per heavy atom. The quantitative estimate of drug-likeness (QED) is 0.437. The van der Waals surface area contributed by atoms with Crippen LogP contribution < -0.4 is 5.49 Å². The van der Waals surface area contributed by atoms with Crippen molar-refractivity contribution in [3.8, 4) is 5.69 Å². The average molecular weight is 366 g/mol. The summed E-state index contributed by atoms with van der Waals surface area (Å²) in [6.07, 6.45) is 0. The lowest BCUT2D eigenvalue weighted by Gasteiger charge is -2.00. The third-order valence-corrected chi connectivity index (χ3v) is 3.52. The second-order valence-electron chi connectivity index (χ2n) is 4.65. The van der Waals surface area contributed by atoms with E-state index in [-0.39, 0.29) is 5.49 Å². The molecule has 0 saturated carbocycles. The first-order valence-electron chi connectivity index (χ1n) is 6.58. The molecular weight excluding hydrogens is 357 g/mol. The molecule has 8 nitrogen and oxygen atoms in total. The normalized spacial score (nSPS) is 11.7. The topological polar surface area (TPSA) is 98.5 Å². The molecular formula is C14H9Cl2N5O3. The highest BCUT2D eigenvalue weighted by molar-refractivity contribution is 6.31. The fraction of sp³-hybridized carbons (Fsp3) is 0. The smallest absolute Gasteiger partial charge is 0.409 e. The van der Waals surface area contributed by atoms with Gasteiger partial charge in [0.15, 0.2) is 0 Å². The molecule has 0 fully saturated rings. The summed E-state index contributed by atoms with van der Waals surface area (Å²) in [5.74, 6) is -0.604. The molecule has 0 atom stereocenters. The monoisotopic (exact) mass is 365 g/mol. The first kappa shape index (κ1) is 16.0. The largest absolute Gasteiger partial charge is 0.438 e. The summed E-state index contributed by atoms with van der Waals surface area (Å²) in [6, 6.07) is 12.6. The van der Waals surface area contributed by atoms with Crippen molar-refractivity contribution in [2.75, 3.05) is 0 Å². The van der Waals surface area contributed by atoms with Gasteiger partial charge >= 0.3 is 5.82 Å². The number of halogens is 2. The fourth-order valence-corrected chi connectivity index (χ4v) is 2.28. The van der Waals surface area contributed by atoms with Crippen LogP contribution >= 0.6 is 23.2 Å². The number of aromatic nitrogens is 3. The zero-order chi connectivity index (χ0) is 17.3. The Kier molecular flexibility index (Phi) is 4.24. The second-order valence-corrected chi connectivity index (χ2v) is 5.52. The highest BCUT2D eigenvalue weighted by atomic mass is 35.5. The molecule has 122 valence electrons. The molecule has 2 aromatic carbocycles. The Morgan fingerprint density at radius 1 is 1.12 bits per heavy atom. The number of rotatable bonds is 3. The zero-order valence-electron chi connectivity index (χ0n) is 11.9. The number of benzene rings is 2. The van der Waals surface area contributed by atoms with Gasteiger partial charge in [-0.15, -0.1) is 0 Å². The van der Waals surface area contributed by atoms with Crippen molar-refractivity contribution in [3.63, 3.8) is 0 Å². The zero-order valence-corrected chi connectivity index (χ0v) is 13.4. The molecule has 0 aliphatic heterocycles. The highest BCUT2D eigenvalue weighted by Crippen LogP contribution is 2.17. The molecule has 0 saturated heterocycles. The first-order chi connectivity index (χ1) is 11.5. The van der Waals surface area contributed by atoms with E-state index in [0.717, 1.165) is 4.80 Å². The van der Waals surface area contributed by atoms with Gasteiger partial charge in [0, 0.05) is 10.0 Å². The average Bonchev–Trinajstić information content (AvgIpc) is 2.87. The van der Waals surface area contributed by atoms with Crippen LogP contribution in [0.1, 0.15) is 0 Å². The third kappa shape index (κ3) is 3.10. The highest BCUT2D eigenvalue weighted by Gasteiger charge is 2.24. The van der Waals surface area contributed by atoms with Gasteiger partial charge in [0.1, 0.15) is 5.69 Å². The molecule has 0 unspecified atom stereocenters. The second kappa shape index (κ2) is 6.34. The summed E-state index contributed by atoms with van der Waals surface area (Å²) >= 11 is 11.7. The van der Waals surface area contributed by atoms with Crippen molar-refractivity contribution < 1.29 is 10.1 Å². The molecule has 0 spiro atoms. The van der Waals surface area contributed by atoms with Gasteiger partial charge in [0.2, 0.25) is 0 Å². The van der Waals surface area contributed by atoms with E-state index in [0.29, 0.717) is 26.3 Å². The van der Waals surface area contributed by atoms with Crippen molar-refractivity contribution >= 4 is 34.7 Å². The summed E-state index contributed by atoms with van der Waals surface area (Å²) in [4.78, 5) is 16.0. The first-order valence-corrected chi connectivity index (χ1v) is 7.33. The van der Waals surface area contributed by atoms with Crippen LogP contribution in [-0.4, -0.2) is 24.9 Å². The van der Waals surface area contributed by atoms with E-state index in [1.807, 2.05) is 0 Å². The Bertz CT molecular complexity index is 979. The van der Waals surface area contributed by atoms with Crippen molar-refractivity contribution in [1.29, 1.82) is 0 Å². The minimum atomic E-state index is -0.734. The van der Waals surface area contributed by atoms with Gasteiger partial charge in [0.25, 0.3) is 5.49 Å². The van der Waals surface area contributed by atoms with E-state index in [2.05, 4.69) is 10.1 Å². The van der Waals surface area contributed by atoms with Gasteiger partial charge in [-0.05, 0) is 52.2 Å². The lowest BCUT2D eigenvalue weighted by molar-refractivity contribution is -0.391. The molecule has 3 aromatic rings. The van der Waals surface area contributed by atoms with Gasteiger partial charge in [-0.25, -0.2) is 4.99 Å². The fourth-order valence-electron chi connectivity index (χ4n) is 1.97. The lowest BCUT2D eigenvalue weighted by Crippen LogP contribution is -2.22. The summed E-state index contributed by atoms with van der Waals surface area (Å²) in [5, 5.41) is 26.2. The molecule has 1 N–H and O–H groups in total. The lowest BCUT2D eigenvalue weighted by atomic mass is 10.3. The predicted molar refractivity (Wildman–Crippen MR) is 87.1 cm³/mol. The Balaban J connectivity index is 2.22. The predicted octanol–water partition coefficient (Wildman–Crippen LogP) is 3.36. The van der Waals surface area contributed by atoms with Gasteiger partial charge in [-0.2, -0.15) is 0 Å². The maximum absolute atomic E-state index is 11.2. The van der Waals surface area contributed by atoms with Gasteiger partial charge in [-0.1, -0.05) is 34.1 Å². The van der Waals surface area contributed by atoms with E-state index in [4.69, 9.17) is 23.2 Å². The Hall–Kier alpha value is -2.84. The van der Waals surface area contributed by atoms with Crippen LogP contribution in [-0.2, 0) is 0 Å². The molecule has 10 heteroatoms. The molecule has 3 rings (SSSR count). The van der Waals surface area contributed by atoms with Crippen LogP contribution in [0.3, 0.4) is 0 Å². The Labute approximate surface area is 144 Å². The van der Waals surface area contributed by atoms with Crippen LogP contribution in [0.15, 0.2) is 53.5 Å². The molecule has 1 heterocycles. The van der Waals surface area contributed by atoms with Crippen molar-refractivity contribution in [2.45, 2.75) is 0 Å². The summed E-state index contributed by atoms with van der Waals surface area (Å²) < 4.78 is 0. The molecule has 0 aliphatic carbocycles. The minimum Gasteiger partial charge on any atom is -0.409 e. The molecule has 0 aliphatic rings. The summed E-state index contributed by atoms with van der Waals surface area (Å²) in [5.41, 5.74) is 0.379. The standard InChI is InChI=1S/C14H9Cl2N5O3/c15-9-4-6-11(7-5-9)17-13-14(21(23)24)18-19(20(13)22)12-3-1-2-10(16)8-12/h1-8,22H. The van der Waals surface area contributed by atoms with E-state index in [1.165, 1.54) is 6.07 Å². The van der Waals surface area contributed by atoms with Gasteiger partial charge in [0.05, 0.1) is 10.8 Å². The van der Waals surface area contributed by atoms with Crippen LogP contribution in [0, 0.1) is 10.1 Å². The third-order valence-electron chi connectivity index (χ3n) is 3.03. The molecule has 24 heavy (non-hydrogen) atoms. The van der Waals surface area contributed by atoms with Crippen molar-refractivity contribution in [1.82, 2.24) is 14.7 Å². The van der Waals surface area contributed by atoms with Crippen LogP contribution in [0.25, 0.3) is 5.69 Å². The number of nitro groups is 1. The van der Waals surface area contributed by atoms with Gasteiger partial charge < -0.3 is 15.3 Å². The maximum atomic E-state index is 11.2. The van der Waals surface area contributed by atoms with Crippen molar-refractivity contribution in [2.24, 2.45) is 4.99 Å². The Morgan fingerprint density at radius 2 is 1.83 bits per heavy atom. The summed E-state index contributed by atoms with van der Waals surface area (Å²) in [7, 11) is 0. The van der Waals surface area contributed by atoms with E-state index in [1.54, 1.807) is 42.5 Å². The van der Waals surface area contributed by atoms with Crippen LogP contribution in [0.2, 0.25) is 10.0 Å². The minimum absolute atomic E-state index is 0.331. The van der Waals surface area contributed by atoms with E-state index < -0.39 is 10.7 Å². The summed E-state index contributed by atoms with van der Waals surface area (Å²) in [6.45, 7) is 0. The number of hydrogen-bond donors (Lipinski definition) is 1. The van der Waals surface area contributed by atoms with E-state index >= 15 is 0 Å².